The van der Waals surface area contributed by atoms with Gasteiger partial charge in [-0.25, -0.2) is 0 Å². The number of hydrogen-bond acceptors (Lipinski definition) is 3. The van der Waals surface area contributed by atoms with Gasteiger partial charge < -0.3 is 15.5 Å². The van der Waals surface area contributed by atoms with Gasteiger partial charge in [0.15, 0.2) is 0 Å². The highest BCUT2D eigenvalue weighted by Crippen LogP contribution is 2.19. The summed E-state index contributed by atoms with van der Waals surface area (Å²) in [5.41, 5.74) is 0. The van der Waals surface area contributed by atoms with E-state index in [0.717, 1.165) is 32.4 Å². The van der Waals surface area contributed by atoms with E-state index in [2.05, 4.69) is 10.6 Å². The lowest BCUT2D eigenvalue weighted by molar-refractivity contribution is -0.135. The van der Waals surface area contributed by atoms with Crippen molar-refractivity contribution in [3.05, 3.63) is 0 Å². The molecule has 0 bridgehead atoms. The van der Waals surface area contributed by atoms with E-state index in [-0.39, 0.29) is 17.7 Å². The van der Waals surface area contributed by atoms with Crippen LogP contribution < -0.4 is 10.6 Å². The molecule has 2 rings (SSSR count). The Morgan fingerprint density at radius 2 is 2.17 bits per heavy atom. The Morgan fingerprint density at radius 1 is 1.33 bits per heavy atom. The summed E-state index contributed by atoms with van der Waals surface area (Å²) in [6, 6.07) is 0.345. The van der Waals surface area contributed by atoms with E-state index >= 15 is 0 Å². The number of nitrogens with one attached hydrogen (secondary N) is 2. The number of carbonyl (C=O) groups excluding carboxylic acids is 2. The highest BCUT2D eigenvalue weighted by molar-refractivity contribution is 5.81. The summed E-state index contributed by atoms with van der Waals surface area (Å²) in [5, 5.41) is 6.02. The number of nitrogens with zero attached hydrogens (tertiary/aromatic N) is 1. The van der Waals surface area contributed by atoms with Gasteiger partial charge in [0.25, 0.3) is 0 Å². The predicted molar refractivity (Wildman–Crippen MR) is 69.0 cm³/mol. The third kappa shape index (κ3) is 3.22. The standard InChI is InChI=1S/C13H23N3O2/c1-14-13(18)10-4-3-7-16(9-10)12(17)8-11-5-2-6-15-11/h10-11,15H,2-9H2,1H3,(H,14,18). The van der Waals surface area contributed by atoms with Gasteiger partial charge in [-0.1, -0.05) is 0 Å². The Bertz CT molecular complexity index is 313. The number of hydrogen-bond donors (Lipinski definition) is 2. The van der Waals surface area contributed by atoms with Crippen molar-refractivity contribution in [3.8, 4) is 0 Å². The second-order valence-electron chi connectivity index (χ2n) is 5.29. The first-order chi connectivity index (χ1) is 8.70. The molecule has 5 heteroatoms. The molecule has 0 radical (unpaired) electrons. The van der Waals surface area contributed by atoms with Crippen molar-refractivity contribution in [2.45, 2.75) is 38.1 Å². The molecule has 2 aliphatic rings. The van der Waals surface area contributed by atoms with Crippen LogP contribution in [-0.2, 0) is 9.59 Å². The molecule has 2 unspecified atom stereocenters. The Balaban J connectivity index is 1.83. The fourth-order valence-corrected chi connectivity index (χ4v) is 2.89. The highest BCUT2D eigenvalue weighted by atomic mass is 16.2. The lowest BCUT2D eigenvalue weighted by Gasteiger charge is -2.32. The zero-order chi connectivity index (χ0) is 13.0. The Labute approximate surface area is 108 Å². The molecule has 18 heavy (non-hydrogen) atoms. The van der Waals surface area contributed by atoms with Crippen LogP contribution in [0.5, 0.6) is 0 Å². The molecule has 0 spiro atoms. The number of amides is 2. The van der Waals surface area contributed by atoms with Crippen LogP contribution in [0.1, 0.15) is 32.1 Å². The van der Waals surface area contributed by atoms with Gasteiger partial charge in [-0.15, -0.1) is 0 Å². The second kappa shape index (κ2) is 6.18. The van der Waals surface area contributed by atoms with Crippen LogP contribution in [0.3, 0.4) is 0 Å². The maximum atomic E-state index is 12.2. The minimum Gasteiger partial charge on any atom is -0.359 e. The van der Waals surface area contributed by atoms with Gasteiger partial charge >= 0.3 is 0 Å². The summed E-state index contributed by atoms with van der Waals surface area (Å²) in [5.74, 6) is 0.235. The number of piperidine rings is 1. The Kier molecular flexibility index (Phi) is 4.58. The maximum Gasteiger partial charge on any atom is 0.224 e. The summed E-state index contributed by atoms with van der Waals surface area (Å²) in [6.07, 6.45) is 4.67. The summed E-state index contributed by atoms with van der Waals surface area (Å²) >= 11 is 0. The van der Waals surface area contributed by atoms with Gasteiger partial charge in [0.2, 0.25) is 11.8 Å². The Hall–Kier alpha value is -1.10. The number of carbonyl (C=O) groups is 2. The van der Waals surface area contributed by atoms with Gasteiger partial charge in [0, 0.05) is 32.6 Å². The normalized spacial score (nSPS) is 28.2. The van der Waals surface area contributed by atoms with E-state index in [9.17, 15) is 9.59 Å². The molecule has 2 N–H and O–H groups in total. The van der Waals surface area contributed by atoms with Crippen LogP contribution in [-0.4, -0.2) is 49.4 Å². The fourth-order valence-electron chi connectivity index (χ4n) is 2.89. The molecule has 2 aliphatic heterocycles. The molecule has 0 aromatic carbocycles. The first kappa shape index (κ1) is 13.3. The summed E-state index contributed by atoms with van der Waals surface area (Å²) < 4.78 is 0. The second-order valence-corrected chi connectivity index (χ2v) is 5.29. The lowest BCUT2D eigenvalue weighted by Crippen LogP contribution is -2.46. The van der Waals surface area contributed by atoms with E-state index < -0.39 is 0 Å². The zero-order valence-corrected chi connectivity index (χ0v) is 11.1. The van der Waals surface area contributed by atoms with E-state index in [1.807, 2.05) is 4.90 Å². The topological polar surface area (TPSA) is 61.4 Å². The molecule has 2 atom stereocenters. The number of likely N-dealkylation sites (tertiary alicyclic amines) is 1. The van der Waals surface area contributed by atoms with E-state index in [4.69, 9.17) is 0 Å². The van der Waals surface area contributed by atoms with Crippen molar-refractivity contribution in [2.75, 3.05) is 26.7 Å². The van der Waals surface area contributed by atoms with Gasteiger partial charge in [0.1, 0.15) is 0 Å². The third-order valence-electron chi connectivity index (χ3n) is 3.97. The van der Waals surface area contributed by atoms with Crippen molar-refractivity contribution in [3.63, 3.8) is 0 Å². The van der Waals surface area contributed by atoms with Crippen molar-refractivity contribution in [2.24, 2.45) is 5.92 Å². The molecular weight excluding hydrogens is 230 g/mol. The molecule has 0 aliphatic carbocycles. The first-order valence-corrected chi connectivity index (χ1v) is 6.93. The van der Waals surface area contributed by atoms with E-state index in [0.29, 0.717) is 19.0 Å². The average Bonchev–Trinajstić information content (AvgIpc) is 2.90. The van der Waals surface area contributed by atoms with Crippen LogP contribution in [0.15, 0.2) is 0 Å². The third-order valence-corrected chi connectivity index (χ3v) is 3.97. The summed E-state index contributed by atoms with van der Waals surface area (Å²) in [6.45, 7) is 2.42. The predicted octanol–water partition coefficient (Wildman–Crippen LogP) is 0.113. The SMILES string of the molecule is CNC(=O)C1CCCN(C(=O)CC2CCCN2)C1. The maximum absolute atomic E-state index is 12.2. The molecule has 0 aromatic rings. The molecule has 0 aromatic heterocycles. The van der Waals surface area contributed by atoms with Crippen molar-refractivity contribution >= 4 is 11.8 Å². The minimum atomic E-state index is -0.0239. The minimum absolute atomic E-state index is 0.0239. The molecule has 2 fully saturated rings. The van der Waals surface area contributed by atoms with Crippen LogP contribution in [0.25, 0.3) is 0 Å². The van der Waals surface area contributed by atoms with Gasteiger partial charge in [-0.05, 0) is 32.2 Å². The number of rotatable bonds is 3. The van der Waals surface area contributed by atoms with Crippen LogP contribution in [0, 0.1) is 5.92 Å². The monoisotopic (exact) mass is 253 g/mol. The molecule has 2 saturated heterocycles. The Morgan fingerprint density at radius 3 is 2.83 bits per heavy atom. The average molecular weight is 253 g/mol. The summed E-state index contributed by atoms with van der Waals surface area (Å²) in [7, 11) is 1.66. The largest absolute Gasteiger partial charge is 0.359 e. The van der Waals surface area contributed by atoms with Gasteiger partial charge in [0.05, 0.1) is 5.92 Å². The summed E-state index contributed by atoms with van der Waals surface area (Å²) in [4.78, 5) is 25.6. The van der Waals surface area contributed by atoms with Gasteiger partial charge in [-0.2, -0.15) is 0 Å². The van der Waals surface area contributed by atoms with Crippen LogP contribution in [0.2, 0.25) is 0 Å². The molecule has 5 nitrogen and oxygen atoms in total. The van der Waals surface area contributed by atoms with Crippen LogP contribution in [0.4, 0.5) is 0 Å². The highest BCUT2D eigenvalue weighted by Gasteiger charge is 2.29. The molecule has 102 valence electrons. The molecule has 0 saturated carbocycles. The van der Waals surface area contributed by atoms with E-state index in [1.54, 1.807) is 7.05 Å². The fraction of sp³-hybridized carbons (Fsp3) is 0.846. The van der Waals surface area contributed by atoms with E-state index in [1.165, 1.54) is 6.42 Å². The smallest absolute Gasteiger partial charge is 0.224 e. The van der Waals surface area contributed by atoms with Crippen LogP contribution >= 0.6 is 0 Å². The van der Waals surface area contributed by atoms with Gasteiger partial charge in [-0.3, -0.25) is 9.59 Å². The van der Waals surface area contributed by atoms with Crippen molar-refractivity contribution in [1.82, 2.24) is 15.5 Å². The molecular formula is C13H23N3O2. The lowest BCUT2D eigenvalue weighted by atomic mass is 9.96. The van der Waals surface area contributed by atoms with Crippen molar-refractivity contribution < 1.29 is 9.59 Å². The zero-order valence-electron chi connectivity index (χ0n) is 11.1. The molecule has 2 amide bonds. The van der Waals surface area contributed by atoms with Crippen molar-refractivity contribution in [1.29, 1.82) is 0 Å². The quantitative estimate of drug-likeness (QED) is 0.750. The first-order valence-electron chi connectivity index (χ1n) is 6.93. The molecule has 2 heterocycles.